The van der Waals surface area contributed by atoms with Crippen LogP contribution in [0.1, 0.15) is 37.2 Å². The number of thiazole rings is 1. The van der Waals surface area contributed by atoms with Gasteiger partial charge in [0.25, 0.3) is 0 Å². The standard InChI is InChI=1S/C12H16N4O2S/c1-12(2,3)9-7-19-10(13-9)6-16-5-8(14-15-16)4-11(17)18/h5,7H,4,6H2,1-3H3,(H,17,18). The third-order valence-electron chi connectivity index (χ3n) is 2.54. The van der Waals surface area contributed by atoms with Crippen LogP contribution in [0.2, 0.25) is 0 Å². The minimum absolute atomic E-state index is 0.0333. The molecule has 102 valence electrons. The molecule has 2 aromatic heterocycles. The van der Waals surface area contributed by atoms with Gasteiger partial charge in [-0.1, -0.05) is 26.0 Å². The molecule has 2 heterocycles. The van der Waals surface area contributed by atoms with Crippen LogP contribution in [-0.4, -0.2) is 31.1 Å². The number of carboxylic acid groups (broad SMARTS) is 1. The fourth-order valence-electron chi connectivity index (χ4n) is 1.52. The van der Waals surface area contributed by atoms with E-state index in [1.54, 1.807) is 22.2 Å². The molecule has 0 aliphatic carbocycles. The maximum Gasteiger partial charge on any atom is 0.309 e. The molecular formula is C12H16N4O2S. The van der Waals surface area contributed by atoms with Crippen LogP contribution < -0.4 is 0 Å². The minimum atomic E-state index is -0.906. The monoisotopic (exact) mass is 280 g/mol. The van der Waals surface area contributed by atoms with Gasteiger partial charge < -0.3 is 5.11 Å². The number of carbonyl (C=O) groups is 1. The third-order valence-corrected chi connectivity index (χ3v) is 3.37. The zero-order chi connectivity index (χ0) is 14.0. The summed E-state index contributed by atoms with van der Waals surface area (Å²) < 4.78 is 1.61. The van der Waals surface area contributed by atoms with E-state index in [4.69, 9.17) is 5.11 Å². The summed E-state index contributed by atoms with van der Waals surface area (Å²) in [6.07, 6.45) is 1.54. The highest BCUT2D eigenvalue weighted by Gasteiger charge is 2.17. The van der Waals surface area contributed by atoms with E-state index in [0.717, 1.165) is 10.7 Å². The van der Waals surface area contributed by atoms with Crippen LogP contribution in [0, 0.1) is 0 Å². The Morgan fingerprint density at radius 3 is 2.79 bits per heavy atom. The molecule has 7 heteroatoms. The van der Waals surface area contributed by atoms with Gasteiger partial charge in [0.1, 0.15) is 5.01 Å². The summed E-state index contributed by atoms with van der Waals surface area (Å²) in [7, 11) is 0. The van der Waals surface area contributed by atoms with Crippen molar-refractivity contribution in [2.24, 2.45) is 0 Å². The average molecular weight is 280 g/mol. The van der Waals surface area contributed by atoms with Crippen molar-refractivity contribution in [2.75, 3.05) is 0 Å². The van der Waals surface area contributed by atoms with Crippen LogP contribution in [-0.2, 0) is 23.2 Å². The van der Waals surface area contributed by atoms with Gasteiger partial charge in [-0.05, 0) is 0 Å². The smallest absolute Gasteiger partial charge is 0.309 e. The molecular weight excluding hydrogens is 264 g/mol. The Hall–Kier alpha value is -1.76. The van der Waals surface area contributed by atoms with Crippen LogP contribution in [0.3, 0.4) is 0 Å². The maximum absolute atomic E-state index is 10.6. The lowest BCUT2D eigenvalue weighted by Crippen LogP contribution is -2.12. The zero-order valence-electron chi connectivity index (χ0n) is 11.1. The van der Waals surface area contributed by atoms with Crippen molar-refractivity contribution in [3.8, 4) is 0 Å². The summed E-state index contributed by atoms with van der Waals surface area (Å²) >= 11 is 1.58. The lowest BCUT2D eigenvalue weighted by Gasteiger charge is -2.14. The molecule has 0 amide bonds. The van der Waals surface area contributed by atoms with E-state index < -0.39 is 5.97 Å². The van der Waals surface area contributed by atoms with Gasteiger partial charge in [0.15, 0.2) is 0 Å². The Morgan fingerprint density at radius 1 is 1.47 bits per heavy atom. The van der Waals surface area contributed by atoms with Crippen LogP contribution in [0.4, 0.5) is 0 Å². The molecule has 2 rings (SSSR count). The summed E-state index contributed by atoms with van der Waals surface area (Å²) in [5.41, 5.74) is 1.55. The molecule has 0 unspecified atom stereocenters. The molecule has 0 fully saturated rings. The molecule has 19 heavy (non-hydrogen) atoms. The largest absolute Gasteiger partial charge is 0.481 e. The van der Waals surface area contributed by atoms with E-state index in [1.165, 1.54) is 0 Å². The lowest BCUT2D eigenvalue weighted by atomic mass is 9.93. The van der Waals surface area contributed by atoms with Crippen LogP contribution in [0.5, 0.6) is 0 Å². The van der Waals surface area contributed by atoms with Crippen molar-refractivity contribution in [2.45, 2.75) is 39.2 Å². The van der Waals surface area contributed by atoms with E-state index in [2.05, 4.69) is 36.1 Å². The van der Waals surface area contributed by atoms with Crippen LogP contribution >= 0.6 is 11.3 Å². The predicted molar refractivity (Wildman–Crippen MR) is 71.3 cm³/mol. The fourth-order valence-corrected chi connectivity index (χ4v) is 2.53. The van der Waals surface area contributed by atoms with Crippen LogP contribution in [0.25, 0.3) is 0 Å². The second-order valence-electron chi connectivity index (χ2n) is 5.35. The van der Waals surface area contributed by atoms with Crippen molar-refractivity contribution in [3.05, 3.63) is 28.0 Å². The van der Waals surface area contributed by atoms with Crippen molar-refractivity contribution in [1.29, 1.82) is 0 Å². The summed E-state index contributed by atoms with van der Waals surface area (Å²) in [5.74, 6) is -0.906. The molecule has 0 aliphatic rings. The normalized spacial score (nSPS) is 11.7. The van der Waals surface area contributed by atoms with Gasteiger partial charge in [-0.2, -0.15) is 0 Å². The van der Waals surface area contributed by atoms with Crippen LogP contribution in [0.15, 0.2) is 11.6 Å². The first kappa shape index (κ1) is 13.7. The number of hydrogen-bond acceptors (Lipinski definition) is 5. The van der Waals surface area contributed by atoms with Gasteiger partial charge in [-0.25, -0.2) is 9.67 Å². The average Bonchev–Trinajstić information content (AvgIpc) is 2.86. The fraction of sp³-hybridized carbons (Fsp3) is 0.500. The highest BCUT2D eigenvalue weighted by molar-refractivity contribution is 7.09. The second kappa shape index (κ2) is 5.08. The molecule has 6 nitrogen and oxygen atoms in total. The Bertz CT molecular complexity index is 583. The van der Waals surface area contributed by atoms with E-state index in [1.807, 2.05) is 5.38 Å². The van der Waals surface area contributed by atoms with Crippen molar-refractivity contribution in [1.82, 2.24) is 20.0 Å². The quantitative estimate of drug-likeness (QED) is 0.922. The van der Waals surface area contributed by atoms with Gasteiger partial charge >= 0.3 is 5.97 Å². The Morgan fingerprint density at radius 2 is 2.21 bits per heavy atom. The molecule has 0 atom stereocenters. The summed E-state index contributed by atoms with van der Waals surface area (Å²) in [6.45, 7) is 6.87. The van der Waals surface area contributed by atoms with E-state index in [-0.39, 0.29) is 11.8 Å². The minimum Gasteiger partial charge on any atom is -0.481 e. The van der Waals surface area contributed by atoms with Crippen molar-refractivity contribution >= 4 is 17.3 Å². The summed E-state index contributed by atoms with van der Waals surface area (Å²) in [5, 5.41) is 19.4. The summed E-state index contributed by atoms with van der Waals surface area (Å²) in [4.78, 5) is 15.1. The van der Waals surface area contributed by atoms with Gasteiger partial charge in [-0.15, -0.1) is 16.4 Å². The first-order valence-corrected chi connectivity index (χ1v) is 6.78. The van der Waals surface area contributed by atoms with E-state index >= 15 is 0 Å². The molecule has 0 bridgehead atoms. The number of aliphatic carboxylic acids is 1. The molecule has 0 saturated heterocycles. The first-order chi connectivity index (χ1) is 8.84. The molecule has 0 saturated carbocycles. The first-order valence-electron chi connectivity index (χ1n) is 5.90. The number of rotatable bonds is 4. The Kier molecular flexibility index (Phi) is 3.66. The van der Waals surface area contributed by atoms with Gasteiger partial charge in [0.05, 0.1) is 24.4 Å². The van der Waals surface area contributed by atoms with Gasteiger partial charge in [-0.3, -0.25) is 4.79 Å². The van der Waals surface area contributed by atoms with E-state index in [9.17, 15) is 4.79 Å². The molecule has 0 aliphatic heterocycles. The number of aromatic nitrogens is 4. The zero-order valence-corrected chi connectivity index (χ0v) is 11.9. The topological polar surface area (TPSA) is 80.9 Å². The number of hydrogen-bond donors (Lipinski definition) is 1. The van der Waals surface area contributed by atoms with Gasteiger partial charge in [0, 0.05) is 17.0 Å². The highest BCUT2D eigenvalue weighted by atomic mass is 32.1. The predicted octanol–water partition coefficient (Wildman–Crippen LogP) is 1.71. The Labute approximate surface area is 115 Å². The van der Waals surface area contributed by atoms with Crippen molar-refractivity contribution in [3.63, 3.8) is 0 Å². The molecule has 0 radical (unpaired) electrons. The van der Waals surface area contributed by atoms with E-state index in [0.29, 0.717) is 12.2 Å². The van der Waals surface area contributed by atoms with Crippen molar-refractivity contribution < 1.29 is 9.90 Å². The SMILES string of the molecule is CC(C)(C)c1csc(Cn2cc(CC(=O)O)nn2)n1. The number of carboxylic acids is 1. The lowest BCUT2D eigenvalue weighted by molar-refractivity contribution is -0.136. The molecule has 0 aromatic carbocycles. The highest BCUT2D eigenvalue weighted by Crippen LogP contribution is 2.24. The third kappa shape index (κ3) is 3.60. The molecule has 0 spiro atoms. The molecule has 2 aromatic rings. The number of nitrogens with zero attached hydrogens (tertiary/aromatic N) is 4. The molecule has 1 N–H and O–H groups in total. The summed E-state index contributed by atoms with van der Waals surface area (Å²) in [6, 6.07) is 0. The Balaban J connectivity index is 2.07. The maximum atomic E-state index is 10.6. The van der Waals surface area contributed by atoms with Gasteiger partial charge in [0.2, 0.25) is 0 Å². The second-order valence-corrected chi connectivity index (χ2v) is 6.30.